The van der Waals surface area contributed by atoms with Crippen molar-refractivity contribution in [2.24, 2.45) is 22.6 Å². The fraction of sp³-hybridized carbons (Fsp3) is 0.667. The van der Waals surface area contributed by atoms with Gasteiger partial charge in [-0.25, -0.2) is 0 Å². The summed E-state index contributed by atoms with van der Waals surface area (Å²) in [7, 11) is 0. The van der Waals surface area contributed by atoms with Crippen LogP contribution in [0.4, 0.5) is 0 Å². The van der Waals surface area contributed by atoms with E-state index >= 15 is 0 Å². The Kier molecular flexibility index (Phi) is 8.36. The second-order valence-electron chi connectivity index (χ2n) is 11.4. The van der Waals surface area contributed by atoms with Crippen molar-refractivity contribution < 1.29 is 14.7 Å². The summed E-state index contributed by atoms with van der Waals surface area (Å²) in [5.74, 6) is 1.26. The number of Topliss-reactive ketones (excluding diaryl/α,β-unsaturated/α-hetero) is 1. The van der Waals surface area contributed by atoms with Crippen LogP contribution in [0.2, 0.25) is 0 Å². The first-order chi connectivity index (χ1) is 15.2. The van der Waals surface area contributed by atoms with Gasteiger partial charge in [-0.15, -0.1) is 0 Å². The molecule has 1 amide bonds. The van der Waals surface area contributed by atoms with Gasteiger partial charge in [-0.2, -0.15) is 0 Å². The van der Waals surface area contributed by atoms with Crippen LogP contribution in [0.1, 0.15) is 96.1 Å². The van der Waals surface area contributed by atoms with E-state index in [0.717, 1.165) is 42.8 Å². The number of rotatable bonds is 8. The Morgan fingerprint density at radius 2 is 1.64 bits per heavy atom. The number of carbonyl (C=O) groups excluding carboxylic acids is 2. The van der Waals surface area contributed by atoms with Gasteiger partial charge in [0.15, 0.2) is 5.78 Å². The highest BCUT2D eigenvalue weighted by molar-refractivity contribution is 6.01. The molecule has 1 aromatic carbocycles. The average molecular weight is 458 g/mol. The van der Waals surface area contributed by atoms with E-state index in [9.17, 15) is 14.7 Å². The van der Waals surface area contributed by atoms with Crippen LogP contribution in [-0.4, -0.2) is 47.2 Å². The molecule has 1 fully saturated rings. The predicted molar refractivity (Wildman–Crippen MR) is 135 cm³/mol. The van der Waals surface area contributed by atoms with Crippen molar-refractivity contribution in [3.8, 4) is 5.75 Å². The third-order valence-electron chi connectivity index (χ3n) is 6.56. The number of phenolic OH excluding ortho intramolecular Hbond substituents is 1. The lowest BCUT2D eigenvalue weighted by Crippen LogP contribution is -2.34. The number of likely N-dealkylation sites (tertiary alicyclic amines) is 1. The SMILES string of the molecule is CCC[C@H]1CN(CC(=O)c2cc(C(C)(C)C)c(O)c(C(C)(C)C)c2)C(=NCC(N)=O)[C@@H]1CC. The number of aromatic hydroxyl groups is 1. The van der Waals surface area contributed by atoms with Crippen LogP contribution < -0.4 is 5.73 Å². The van der Waals surface area contributed by atoms with E-state index in [0.29, 0.717) is 11.5 Å². The first-order valence-corrected chi connectivity index (χ1v) is 12.2. The number of amides is 1. The van der Waals surface area contributed by atoms with Crippen molar-refractivity contribution in [3.05, 3.63) is 28.8 Å². The standard InChI is InChI=1S/C27H43N3O3/c1-9-11-17-15-30(25(19(17)10-2)29-14-23(28)32)16-22(31)18-12-20(26(3,4)5)24(33)21(13-18)27(6,7)8/h12-13,17,19,33H,9-11,14-16H2,1-8H3,(H2,28,32)/t17-,19+/m0/s1. The zero-order valence-electron chi connectivity index (χ0n) is 21.8. The third kappa shape index (κ3) is 6.36. The quantitative estimate of drug-likeness (QED) is 0.548. The molecule has 2 atom stereocenters. The van der Waals surface area contributed by atoms with Crippen molar-refractivity contribution in [1.82, 2.24) is 4.90 Å². The average Bonchev–Trinajstić information content (AvgIpc) is 3.00. The Labute approximate surface area is 199 Å². The maximum Gasteiger partial charge on any atom is 0.239 e. The van der Waals surface area contributed by atoms with Gasteiger partial charge in [0.25, 0.3) is 0 Å². The van der Waals surface area contributed by atoms with Gasteiger partial charge in [-0.1, -0.05) is 61.8 Å². The summed E-state index contributed by atoms with van der Waals surface area (Å²) in [4.78, 5) is 31.5. The van der Waals surface area contributed by atoms with Gasteiger partial charge in [0.2, 0.25) is 5.91 Å². The minimum Gasteiger partial charge on any atom is -0.507 e. The molecule has 2 rings (SSSR count). The predicted octanol–water partition coefficient (Wildman–Crippen LogP) is 4.81. The maximum atomic E-state index is 13.5. The molecule has 1 heterocycles. The van der Waals surface area contributed by atoms with Gasteiger partial charge in [0.1, 0.15) is 18.1 Å². The molecule has 1 aliphatic heterocycles. The van der Waals surface area contributed by atoms with Crippen LogP contribution in [0, 0.1) is 11.8 Å². The van der Waals surface area contributed by atoms with Crippen LogP contribution in [0.3, 0.4) is 0 Å². The van der Waals surface area contributed by atoms with Crippen LogP contribution in [0.15, 0.2) is 17.1 Å². The minimum atomic E-state index is -0.467. The Morgan fingerprint density at radius 3 is 2.06 bits per heavy atom. The summed E-state index contributed by atoms with van der Waals surface area (Å²) < 4.78 is 0. The topological polar surface area (TPSA) is 96.0 Å². The molecule has 0 aliphatic carbocycles. The van der Waals surface area contributed by atoms with Crippen LogP contribution in [0.5, 0.6) is 5.75 Å². The van der Waals surface area contributed by atoms with E-state index in [1.807, 2.05) is 58.6 Å². The smallest absolute Gasteiger partial charge is 0.239 e. The number of phenols is 1. The Balaban J connectivity index is 2.46. The zero-order chi connectivity index (χ0) is 25.1. The Morgan fingerprint density at radius 1 is 1.09 bits per heavy atom. The zero-order valence-corrected chi connectivity index (χ0v) is 21.8. The number of nitrogens with zero attached hydrogens (tertiary/aromatic N) is 2. The number of ketones is 1. The molecule has 0 spiro atoms. The summed E-state index contributed by atoms with van der Waals surface area (Å²) in [6.07, 6.45) is 3.03. The van der Waals surface area contributed by atoms with E-state index in [2.05, 4.69) is 18.8 Å². The fourth-order valence-corrected chi connectivity index (χ4v) is 4.85. The van der Waals surface area contributed by atoms with Crippen molar-refractivity contribution in [3.63, 3.8) is 0 Å². The second-order valence-corrected chi connectivity index (χ2v) is 11.4. The van der Waals surface area contributed by atoms with Crippen LogP contribution in [0.25, 0.3) is 0 Å². The molecule has 0 unspecified atom stereocenters. The van der Waals surface area contributed by atoms with Gasteiger partial charge in [0.05, 0.1) is 6.54 Å². The third-order valence-corrected chi connectivity index (χ3v) is 6.56. The van der Waals surface area contributed by atoms with Crippen molar-refractivity contribution in [2.45, 2.75) is 85.5 Å². The van der Waals surface area contributed by atoms with E-state index in [-0.39, 0.29) is 41.4 Å². The normalized spacial score (nSPS) is 20.5. The molecule has 0 saturated carbocycles. The lowest BCUT2D eigenvalue weighted by Gasteiger charge is -2.28. The first kappa shape index (κ1) is 26.9. The Hall–Kier alpha value is -2.37. The lowest BCUT2D eigenvalue weighted by molar-refractivity contribution is -0.116. The van der Waals surface area contributed by atoms with E-state index in [1.165, 1.54) is 0 Å². The van der Waals surface area contributed by atoms with Gasteiger partial charge in [-0.3, -0.25) is 14.6 Å². The van der Waals surface area contributed by atoms with E-state index < -0.39 is 5.91 Å². The number of hydrogen-bond donors (Lipinski definition) is 2. The highest BCUT2D eigenvalue weighted by Gasteiger charge is 2.38. The summed E-state index contributed by atoms with van der Waals surface area (Å²) in [6, 6.07) is 3.67. The second kappa shape index (κ2) is 10.3. The number of hydrogen-bond acceptors (Lipinski definition) is 4. The van der Waals surface area contributed by atoms with Gasteiger partial charge in [0, 0.05) is 29.2 Å². The molecule has 184 valence electrons. The molecular formula is C27H43N3O3. The monoisotopic (exact) mass is 457 g/mol. The molecule has 0 radical (unpaired) electrons. The lowest BCUT2D eigenvalue weighted by atomic mass is 9.78. The number of benzene rings is 1. The number of aliphatic imine (C=N–C) groups is 1. The maximum absolute atomic E-state index is 13.5. The molecule has 6 nitrogen and oxygen atoms in total. The molecule has 33 heavy (non-hydrogen) atoms. The number of nitrogens with two attached hydrogens (primary N) is 1. The Bertz CT molecular complexity index is 871. The van der Waals surface area contributed by atoms with Crippen molar-refractivity contribution in [1.29, 1.82) is 0 Å². The summed E-state index contributed by atoms with van der Waals surface area (Å²) in [6.45, 7) is 17.4. The largest absolute Gasteiger partial charge is 0.507 e. The molecule has 1 saturated heterocycles. The number of amidine groups is 1. The van der Waals surface area contributed by atoms with Crippen molar-refractivity contribution >= 4 is 17.5 Å². The minimum absolute atomic E-state index is 0.00947. The van der Waals surface area contributed by atoms with Gasteiger partial charge < -0.3 is 15.7 Å². The molecule has 0 aromatic heterocycles. The van der Waals surface area contributed by atoms with Crippen LogP contribution >= 0.6 is 0 Å². The van der Waals surface area contributed by atoms with E-state index in [4.69, 9.17) is 5.73 Å². The highest BCUT2D eigenvalue weighted by Crippen LogP contribution is 2.40. The van der Waals surface area contributed by atoms with Crippen molar-refractivity contribution in [2.75, 3.05) is 19.6 Å². The number of carbonyl (C=O) groups is 2. The molecule has 6 heteroatoms. The summed E-state index contributed by atoms with van der Waals surface area (Å²) in [5.41, 5.74) is 6.91. The summed E-state index contributed by atoms with van der Waals surface area (Å²) >= 11 is 0. The van der Waals surface area contributed by atoms with Gasteiger partial charge >= 0.3 is 0 Å². The number of primary amides is 1. The highest BCUT2D eigenvalue weighted by atomic mass is 16.3. The molecule has 0 bridgehead atoms. The van der Waals surface area contributed by atoms with Crippen LogP contribution in [-0.2, 0) is 15.6 Å². The first-order valence-electron chi connectivity index (χ1n) is 12.2. The van der Waals surface area contributed by atoms with E-state index in [1.54, 1.807) is 0 Å². The van der Waals surface area contributed by atoms with Gasteiger partial charge in [-0.05, 0) is 41.7 Å². The molecule has 3 N–H and O–H groups in total. The molecule has 1 aliphatic rings. The molecular weight excluding hydrogens is 414 g/mol. The summed E-state index contributed by atoms with van der Waals surface area (Å²) in [5, 5.41) is 11.0. The molecule has 1 aromatic rings. The fourth-order valence-electron chi connectivity index (χ4n) is 4.85.